The van der Waals surface area contributed by atoms with Gasteiger partial charge in [0, 0.05) is 36.9 Å². The Morgan fingerprint density at radius 1 is 1.41 bits per heavy atom. The van der Waals surface area contributed by atoms with Gasteiger partial charge in [-0.15, -0.1) is 6.58 Å². The van der Waals surface area contributed by atoms with Crippen molar-refractivity contribution in [2.75, 3.05) is 13.1 Å². The van der Waals surface area contributed by atoms with Crippen LogP contribution < -0.4 is 0 Å². The third-order valence-electron chi connectivity index (χ3n) is 5.21. The first-order chi connectivity index (χ1) is 10.5. The molecular weight excluding hydrogens is 276 g/mol. The Balaban J connectivity index is 1.80. The molecule has 2 saturated heterocycles. The van der Waals surface area contributed by atoms with Gasteiger partial charge in [0.2, 0.25) is 5.91 Å². The van der Waals surface area contributed by atoms with Crippen molar-refractivity contribution in [3.05, 3.63) is 29.6 Å². The predicted molar refractivity (Wildman–Crippen MR) is 86.5 cm³/mol. The molecule has 0 aromatic carbocycles. The highest BCUT2D eigenvalue weighted by Gasteiger charge is 2.40. The first kappa shape index (κ1) is 15.3. The summed E-state index contributed by atoms with van der Waals surface area (Å²) in [6, 6.07) is 0.378. The molecule has 0 bridgehead atoms. The fourth-order valence-corrected chi connectivity index (χ4v) is 3.81. The normalized spacial score (nSPS) is 25.6. The van der Waals surface area contributed by atoms with Crippen molar-refractivity contribution in [1.29, 1.82) is 0 Å². The zero-order chi connectivity index (χ0) is 15.9. The van der Waals surface area contributed by atoms with E-state index in [-0.39, 0.29) is 6.04 Å². The molecule has 5 nitrogen and oxygen atoms in total. The quantitative estimate of drug-likeness (QED) is 0.798. The number of hydrogen-bond donors (Lipinski definition) is 0. The van der Waals surface area contributed by atoms with Gasteiger partial charge in [-0.25, -0.2) is 0 Å². The predicted octanol–water partition coefficient (Wildman–Crippen LogP) is 1.88. The molecule has 0 spiro atoms. The zero-order valence-corrected chi connectivity index (χ0v) is 13.9. The monoisotopic (exact) mass is 302 g/mol. The van der Waals surface area contributed by atoms with Crippen LogP contribution in [0.1, 0.15) is 36.7 Å². The van der Waals surface area contributed by atoms with Crippen LogP contribution in [0.3, 0.4) is 0 Å². The highest BCUT2D eigenvalue weighted by Crippen LogP contribution is 2.27. The number of amides is 1. The van der Waals surface area contributed by atoms with Crippen molar-refractivity contribution in [3.63, 3.8) is 0 Å². The number of rotatable bonds is 4. The maximum absolute atomic E-state index is 12.5. The van der Waals surface area contributed by atoms with Crippen LogP contribution in [0.25, 0.3) is 0 Å². The molecule has 0 N–H and O–H groups in total. The summed E-state index contributed by atoms with van der Waals surface area (Å²) in [5.74, 6) is 0.294. The van der Waals surface area contributed by atoms with Gasteiger partial charge in [0.15, 0.2) is 0 Å². The second kappa shape index (κ2) is 5.88. The van der Waals surface area contributed by atoms with Crippen LogP contribution in [0.4, 0.5) is 0 Å². The largest absolute Gasteiger partial charge is 0.337 e. The number of aromatic nitrogens is 2. The van der Waals surface area contributed by atoms with Crippen LogP contribution in [0.2, 0.25) is 0 Å². The van der Waals surface area contributed by atoms with Gasteiger partial charge in [-0.2, -0.15) is 5.10 Å². The number of nitrogens with zero attached hydrogens (tertiary/aromatic N) is 4. The average molecular weight is 302 g/mol. The van der Waals surface area contributed by atoms with Gasteiger partial charge in [0.1, 0.15) is 0 Å². The lowest BCUT2D eigenvalue weighted by atomic mass is 10.1. The van der Waals surface area contributed by atoms with Crippen LogP contribution in [0, 0.1) is 13.8 Å². The van der Waals surface area contributed by atoms with E-state index in [1.165, 1.54) is 11.3 Å². The molecule has 3 rings (SSSR count). The Bertz CT molecular complexity index is 592. The lowest BCUT2D eigenvalue weighted by Crippen LogP contribution is -2.58. The number of aryl methyl sites for hydroxylation is 1. The molecule has 5 heteroatoms. The van der Waals surface area contributed by atoms with Crippen molar-refractivity contribution in [3.8, 4) is 0 Å². The number of piperazine rings is 1. The van der Waals surface area contributed by atoms with Gasteiger partial charge >= 0.3 is 0 Å². The molecule has 0 aliphatic carbocycles. The van der Waals surface area contributed by atoms with E-state index >= 15 is 0 Å². The molecule has 120 valence electrons. The van der Waals surface area contributed by atoms with Crippen LogP contribution >= 0.6 is 0 Å². The molecule has 1 aromatic rings. The first-order valence-corrected chi connectivity index (χ1v) is 8.21. The minimum atomic E-state index is -0.0316. The van der Waals surface area contributed by atoms with Gasteiger partial charge in [0.05, 0.1) is 18.3 Å². The fraction of sp³-hybridized carbons (Fsp3) is 0.647. The van der Waals surface area contributed by atoms with Crippen molar-refractivity contribution in [2.45, 2.75) is 58.8 Å². The van der Waals surface area contributed by atoms with Gasteiger partial charge in [0.25, 0.3) is 0 Å². The Morgan fingerprint density at radius 2 is 2.18 bits per heavy atom. The average Bonchev–Trinajstić information content (AvgIpc) is 3.05. The number of hydrogen-bond acceptors (Lipinski definition) is 3. The molecule has 2 aliphatic rings. The molecule has 0 saturated carbocycles. The Morgan fingerprint density at radius 3 is 2.91 bits per heavy atom. The molecule has 0 unspecified atom stereocenters. The maximum Gasteiger partial charge on any atom is 0.239 e. The topological polar surface area (TPSA) is 41.4 Å². The van der Waals surface area contributed by atoms with E-state index < -0.39 is 0 Å². The third-order valence-corrected chi connectivity index (χ3v) is 5.21. The summed E-state index contributed by atoms with van der Waals surface area (Å²) in [7, 11) is 0. The second-order valence-corrected chi connectivity index (χ2v) is 6.55. The Hall–Kier alpha value is -1.62. The standard InChI is InChI=1S/C17H26N4O/c1-5-8-21-13(3)16(12(2)18-21)11-19-10-15-7-6-9-20(15)17(22)14(19)4/h5,14-15H,1,6-11H2,2-4H3/t14-,15+/m1/s1. The van der Waals surface area contributed by atoms with Gasteiger partial charge in [-0.05, 0) is 33.6 Å². The molecule has 2 aliphatic heterocycles. The van der Waals surface area contributed by atoms with Crippen LogP contribution in [-0.4, -0.2) is 50.7 Å². The molecule has 2 fully saturated rings. The molecule has 1 aromatic heterocycles. The van der Waals surface area contributed by atoms with Crippen LogP contribution in [0.5, 0.6) is 0 Å². The van der Waals surface area contributed by atoms with Gasteiger partial charge < -0.3 is 4.90 Å². The van der Waals surface area contributed by atoms with E-state index in [0.29, 0.717) is 11.9 Å². The van der Waals surface area contributed by atoms with Crippen molar-refractivity contribution in [2.24, 2.45) is 0 Å². The van der Waals surface area contributed by atoms with Crippen LogP contribution in [-0.2, 0) is 17.9 Å². The molecule has 2 atom stereocenters. The number of carbonyl (C=O) groups is 1. The minimum Gasteiger partial charge on any atom is -0.337 e. The Labute approximate surface area is 132 Å². The summed E-state index contributed by atoms with van der Waals surface area (Å²) in [6.07, 6.45) is 4.15. The zero-order valence-electron chi connectivity index (χ0n) is 13.9. The summed E-state index contributed by atoms with van der Waals surface area (Å²) in [5.41, 5.74) is 3.51. The number of carbonyl (C=O) groups excluding carboxylic acids is 1. The fourth-order valence-electron chi connectivity index (χ4n) is 3.81. The van der Waals surface area contributed by atoms with E-state index in [4.69, 9.17) is 0 Å². The van der Waals surface area contributed by atoms with Crippen molar-refractivity contribution < 1.29 is 4.79 Å². The second-order valence-electron chi connectivity index (χ2n) is 6.55. The highest BCUT2D eigenvalue weighted by atomic mass is 16.2. The third kappa shape index (κ3) is 2.47. The van der Waals surface area contributed by atoms with Crippen LogP contribution in [0.15, 0.2) is 12.7 Å². The SMILES string of the molecule is C=CCn1nc(C)c(CN2C[C@@H]3CCCN3C(=O)[C@H]2C)c1C. The summed E-state index contributed by atoms with van der Waals surface area (Å²) in [5, 5.41) is 4.60. The summed E-state index contributed by atoms with van der Waals surface area (Å²) < 4.78 is 2.00. The molecular formula is C17H26N4O. The summed E-state index contributed by atoms with van der Waals surface area (Å²) in [4.78, 5) is 16.9. The van der Waals surface area contributed by atoms with E-state index in [1.54, 1.807) is 0 Å². The molecule has 22 heavy (non-hydrogen) atoms. The molecule has 1 amide bonds. The van der Waals surface area contributed by atoms with Crippen molar-refractivity contribution >= 4 is 5.91 Å². The summed E-state index contributed by atoms with van der Waals surface area (Å²) >= 11 is 0. The maximum atomic E-state index is 12.5. The van der Waals surface area contributed by atoms with E-state index in [0.717, 1.165) is 44.7 Å². The lowest BCUT2D eigenvalue weighted by Gasteiger charge is -2.41. The lowest BCUT2D eigenvalue weighted by molar-refractivity contribution is -0.143. The first-order valence-electron chi connectivity index (χ1n) is 8.21. The number of allylic oxidation sites excluding steroid dienone is 1. The van der Waals surface area contributed by atoms with E-state index in [1.807, 2.05) is 17.7 Å². The van der Waals surface area contributed by atoms with Crippen molar-refractivity contribution in [1.82, 2.24) is 19.6 Å². The van der Waals surface area contributed by atoms with E-state index in [2.05, 4.69) is 35.3 Å². The number of fused-ring (bicyclic) bond motifs is 1. The molecule has 3 heterocycles. The van der Waals surface area contributed by atoms with Gasteiger partial charge in [-0.1, -0.05) is 6.08 Å². The van der Waals surface area contributed by atoms with E-state index in [9.17, 15) is 4.79 Å². The summed E-state index contributed by atoms with van der Waals surface area (Å²) in [6.45, 7) is 13.5. The molecule has 0 radical (unpaired) electrons. The highest BCUT2D eigenvalue weighted by molar-refractivity contribution is 5.83. The van der Waals surface area contributed by atoms with Gasteiger partial charge in [-0.3, -0.25) is 14.4 Å². The minimum absolute atomic E-state index is 0.0316. The smallest absolute Gasteiger partial charge is 0.239 e. The Kier molecular flexibility index (Phi) is 4.08.